The molecule has 0 saturated carbocycles. The Labute approximate surface area is 312 Å². The minimum atomic E-state index is -9.75. The van der Waals surface area contributed by atoms with Crippen LogP contribution in [-0.2, 0) is 14.2 Å². The van der Waals surface area contributed by atoms with Crippen molar-refractivity contribution in [1.29, 1.82) is 0 Å². The van der Waals surface area contributed by atoms with E-state index in [4.69, 9.17) is 0 Å². The molecule has 0 aliphatic heterocycles. The monoisotopic (exact) mass is 984 g/mol. The molecule has 0 bridgehead atoms. The average molecular weight is 984 g/mol. The van der Waals surface area contributed by atoms with Crippen LogP contribution in [0.15, 0.2) is 30.3 Å². The van der Waals surface area contributed by atoms with Crippen molar-refractivity contribution < 1.29 is 159 Å². The maximum absolute atomic E-state index is 14.1. The molecule has 1 rings (SSSR count). The van der Waals surface area contributed by atoms with Crippen LogP contribution in [0.3, 0.4) is 0 Å². The van der Waals surface area contributed by atoms with Crippen molar-refractivity contribution in [2.75, 3.05) is 19.8 Å². The quantitative estimate of drug-likeness (QED) is 0.109. The summed E-state index contributed by atoms with van der Waals surface area (Å²) >= 11 is 0. The van der Waals surface area contributed by atoms with Crippen LogP contribution >= 0.6 is 0 Å². The zero-order valence-corrected chi connectivity index (χ0v) is 27.3. The fourth-order valence-corrected chi connectivity index (χ4v) is 3.49. The molecule has 36 heteroatoms. The first-order valence-corrected chi connectivity index (χ1v) is 14.0. The van der Waals surface area contributed by atoms with Crippen LogP contribution in [0, 0.1) is 0 Å². The highest BCUT2D eigenvalue weighted by molar-refractivity contribution is 5.21. The van der Waals surface area contributed by atoms with Crippen molar-refractivity contribution >= 4 is 0 Å². The maximum Gasteiger partial charge on any atom is 0.460 e. The summed E-state index contributed by atoms with van der Waals surface area (Å²) in [6.07, 6.45) is -45.9. The first-order chi connectivity index (χ1) is 26.4. The maximum atomic E-state index is 14.1. The van der Waals surface area contributed by atoms with Gasteiger partial charge >= 0.3 is 89.8 Å². The van der Waals surface area contributed by atoms with Crippen molar-refractivity contribution in [3.05, 3.63) is 30.3 Å². The molecule has 360 valence electrons. The highest BCUT2D eigenvalue weighted by atomic mass is 19.4. The molecule has 0 radical (unpaired) electrons. The van der Waals surface area contributed by atoms with Crippen molar-refractivity contribution in [1.82, 2.24) is 0 Å². The summed E-state index contributed by atoms with van der Waals surface area (Å²) in [4.78, 5) is 0. The summed E-state index contributed by atoms with van der Waals surface area (Å²) in [5, 5.41) is 0. The molecular weight excluding hydrogens is 972 g/mol. The van der Waals surface area contributed by atoms with E-state index in [-0.39, 0.29) is 5.75 Å². The third-order valence-electron chi connectivity index (χ3n) is 6.91. The second-order valence-electron chi connectivity index (χ2n) is 11.4. The van der Waals surface area contributed by atoms with E-state index < -0.39 is 116 Å². The van der Waals surface area contributed by atoms with Crippen LogP contribution < -0.4 is 4.74 Å². The first-order valence-electron chi connectivity index (χ1n) is 14.0. The summed E-state index contributed by atoms with van der Waals surface area (Å²) in [7, 11) is 0. The number of benzene rings is 1. The second-order valence-corrected chi connectivity index (χ2v) is 11.4. The van der Waals surface area contributed by atoms with Crippen LogP contribution in [0.25, 0.3) is 0 Å². The van der Waals surface area contributed by atoms with Crippen LogP contribution in [0.1, 0.15) is 0 Å². The SMILES string of the molecule is F[C@H](COCC(F)(F)C(F)(F)C(F)(F)C(F)(F)C(F)(F)C(F)(F)C(F)(F)C(F)(F)C(F)(F)OC(F)(F)C(F)(F)OC(F)(F)C(F)(F)C(F)(F)C(F)(F)F)COc1ccccc1. The number of hydrogen-bond acceptors (Lipinski definition) is 4. The van der Waals surface area contributed by atoms with Gasteiger partial charge in [0.1, 0.15) is 19.0 Å². The zero-order chi connectivity index (χ0) is 49.1. The molecule has 4 nitrogen and oxygen atoms in total. The molecule has 0 N–H and O–H groups in total. The lowest BCUT2D eigenvalue weighted by atomic mass is 9.87. The molecule has 0 spiro atoms. The van der Waals surface area contributed by atoms with Crippen molar-refractivity contribution in [2.45, 2.75) is 96.0 Å². The van der Waals surface area contributed by atoms with Gasteiger partial charge in [0.15, 0.2) is 6.17 Å². The molecule has 61 heavy (non-hydrogen) atoms. The molecule has 0 unspecified atom stereocenters. The van der Waals surface area contributed by atoms with Gasteiger partial charge in [-0.2, -0.15) is 136 Å². The van der Waals surface area contributed by atoms with Crippen LogP contribution in [0.4, 0.5) is 140 Å². The van der Waals surface area contributed by atoms with Crippen molar-refractivity contribution in [3.8, 4) is 5.75 Å². The fourth-order valence-electron chi connectivity index (χ4n) is 3.49. The smallest absolute Gasteiger partial charge is 0.460 e. The van der Waals surface area contributed by atoms with E-state index in [0.717, 1.165) is 21.6 Å². The van der Waals surface area contributed by atoms with E-state index in [0.29, 0.717) is 0 Å². The van der Waals surface area contributed by atoms with Crippen LogP contribution in [-0.4, -0.2) is 116 Å². The first kappa shape index (κ1) is 55.7. The van der Waals surface area contributed by atoms with E-state index >= 15 is 0 Å². The molecular formula is C25H12F32O4. The Morgan fingerprint density at radius 2 is 0.672 bits per heavy atom. The number of alkyl halides is 32. The van der Waals surface area contributed by atoms with Crippen LogP contribution in [0.5, 0.6) is 5.75 Å². The summed E-state index contributed by atoms with van der Waals surface area (Å²) in [5.74, 6) is -90.1. The van der Waals surface area contributed by atoms with E-state index in [1.54, 1.807) is 0 Å². The number of para-hydroxylation sites is 1. The average Bonchev–Trinajstić information content (AvgIpc) is 3.05. The number of hydrogen-bond donors (Lipinski definition) is 0. The van der Waals surface area contributed by atoms with Crippen LogP contribution in [0.2, 0.25) is 0 Å². The summed E-state index contributed by atoms with van der Waals surface area (Å²) in [5.41, 5.74) is 0. The fraction of sp³-hybridized carbons (Fsp3) is 0.760. The lowest BCUT2D eigenvalue weighted by Gasteiger charge is -2.44. The van der Waals surface area contributed by atoms with Gasteiger partial charge in [0.2, 0.25) is 0 Å². The Morgan fingerprint density at radius 3 is 1.02 bits per heavy atom. The molecule has 1 aromatic carbocycles. The largest absolute Gasteiger partial charge is 0.490 e. The third kappa shape index (κ3) is 9.06. The van der Waals surface area contributed by atoms with Crippen molar-refractivity contribution in [3.63, 3.8) is 0 Å². The number of halogens is 32. The summed E-state index contributed by atoms with van der Waals surface area (Å²) in [6, 6.07) is 5.97. The Bertz CT molecular complexity index is 1620. The second kappa shape index (κ2) is 16.0. The Kier molecular flexibility index (Phi) is 14.6. The topological polar surface area (TPSA) is 36.9 Å². The lowest BCUT2D eigenvalue weighted by Crippen LogP contribution is -2.76. The minimum absolute atomic E-state index is 0.217. The van der Waals surface area contributed by atoms with Gasteiger partial charge in [-0.05, 0) is 12.1 Å². The van der Waals surface area contributed by atoms with Gasteiger partial charge in [-0.3, -0.25) is 0 Å². The molecule has 0 aromatic heterocycles. The van der Waals surface area contributed by atoms with Gasteiger partial charge in [-0.15, -0.1) is 0 Å². The van der Waals surface area contributed by atoms with Gasteiger partial charge in [-0.1, -0.05) is 18.2 Å². The summed E-state index contributed by atoms with van der Waals surface area (Å²) in [6.45, 7) is -6.86. The molecule has 0 fully saturated rings. The standard InChI is InChI=1S/C25H12F32O4/c26-9(7-59-10-4-2-1-3-5-10)6-58-8-11(27,28)12(29,30)13(31,32)14(33,34)15(35,36)16(37,38)17(39,40)19(43,44)22(50,51)60-24(54,55)25(56,57)61-23(52,53)20(45,46)18(41,42)21(47,48)49/h1-5,9H,6-8H2/t9-/m1/s1. The van der Waals surface area contributed by atoms with Gasteiger partial charge in [0, 0.05) is 0 Å². The van der Waals surface area contributed by atoms with Crippen molar-refractivity contribution in [2.24, 2.45) is 0 Å². The van der Waals surface area contributed by atoms with E-state index in [9.17, 15) is 140 Å². The molecule has 0 saturated heterocycles. The predicted octanol–water partition coefficient (Wildman–Crippen LogP) is 11.7. The van der Waals surface area contributed by atoms with E-state index in [1.807, 2.05) is 0 Å². The Morgan fingerprint density at radius 1 is 0.361 bits per heavy atom. The van der Waals surface area contributed by atoms with Gasteiger partial charge < -0.3 is 9.47 Å². The van der Waals surface area contributed by atoms with Gasteiger partial charge in [-0.25, -0.2) is 13.9 Å². The number of rotatable bonds is 22. The number of ether oxygens (including phenoxy) is 4. The highest BCUT2D eigenvalue weighted by Gasteiger charge is 2.97. The lowest BCUT2D eigenvalue weighted by molar-refractivity contribution is -0.560. The Balaban J connectivity index is 3.53. The summed E-state index contributed by atoms with van der Waals surface area (Å²) < 4.78 is 443. The normalized spacial score (nSPS) is 16.5. The Hall–Kier alpha value is -3.34. The minimum Gasteiger partial charge on any atom is -0.490 e. The molecule has 0 aliphatic carbocycles. The van der Waals surface area contributed by atoms with E-state index in [2.05, 4.69) is 9.47 Å². The molecule has 1 aromatic rings. The van der Waals surface area contributed by atoms with E-state index in [1.165, 1.54) is 18.2 Å². The third-order valence-corrected chi connectivity index (χ3v) is 6.91. The molecule has 0 aliphatic rings. The molecule has 1 atom stereocenters. The highest BCUT2D eigenvalue weighted by Crippen LogP contribution is 2.66. The van der Waals surface area contributed by atoms with Gasteiger partial charge in [0.05, 0.1) is 6.61 Å². The molecule has 0 amide bonds. The van der Waals surface area contributed by atoms with Gasteiger partial charge in [0.25, 0.3) is 0 Å². The predicted molar refractivity (Wildman–Crippen MR) is 125 cm³/mol. The molecule has 0 heterocycles. The zero-order valence-electron chi connectivity index (χ0n) is 27.3.